The summed E-state index contributed by atoms with van der Waals surface area (Å²) in [7, 11) is 0. The fraction of sp³-hybridized carbons (Fsp3) is 0. The Hall–Kier alpha value is -19.8. The van der Waals surface area contributed by atoms with Crippen molar-refractivity contribution >= 4 is 130 Å². The van der Waals surface area contributed by atoms with Gasteiger partial charge >= 0.3 is 0 Å². The van der Waals surface area contributed by atoms with Crippen LogP contribution in [-0.2, 0) is 0 Å². The van der Waals surface area contributed by atoms with E-state index >= 15 is 0 Å². The Labute approximate surface area is 809 Å². The molecule has 0 aliphatic rings. The van der Waals surface area contributed by atoms with Crippen LogP contribution in [0.15, 0.2) is 467 Å². The predicted molar refractivity (Wildman–Crippen MR) is 575 cm³/mol. The number of benzene rings is 20. The van der Waals surface area contributed by atoms with E-state index in [-0.39, 0.29) is 0 Å². The van der Waals surface area contributed by atoms with Gasteiger partial charge in [0.15, 0.2) is 17.1 Å². The van der Waals surface area contributed by atoms with Crippen molar-refractivity contribution in [3.63, 3.8) is 0 Å². The number of para-hydroxylation sites is 3. The van der Waals surface area contributed by atoms with Crippen LogP contribution in [0.5, 0.6) is 0 Å². The molecule has 0 N–H and O–H groups in total. The number of hydrogen-bond donors (Lipinski definition) is 0. The molecule has 0 bridgehead atoms. The number of fused-ring (bicyclic) bond motifs is 15. The van der Waals surface area contributed by atoms with Crippen molar-refractivity contribution in [3.8, 4) is 136 Å². The van der Waals surface area contributed by atoms with Gasteiger partial charge in [0, 0.05) is 60.9 Å². The van der Waals surface area contributed by atoms with E-state index in [2.05, 4.69) is 371 Å². The first-order valence-electron chi connectivity index (χ1n) is 46.8. The maximum Gasteiger partial charge on any atom is 0.236 e. The molecule has 0 unspecified atom stereocenters. The highest BCUT2D eigenvalue weighted by Crippen LogP contribution is 2.45. The highest BCUT2D eigenvalue weighted by atomic mass is 15.2. The smallest absolute Gasteiger partial charge is 0.236 e. The Balaban J connectivity index is 0.000000111. The van der Waals surface area contributed by atoms with Crippen LogP contribution in [0.2, 0.25) is 0 Å². The first-order valence-corrected chi connectivity index (χ1v) is 46.8. The van der Waals surface area contributed by atoms with Crippen LogP contribution < -0.4 is 0 Å². The van der Waals surface area contributed by atoms with E-state index in [1.165, 1.54) is 76.8 Å². The fourth-order valence-electron chi connectivity index (χ4n) is 20.5. The lowest BCUT2D eigenvalue weighted by molar-refractivity contribution is 1.00. The molecule has 13 nitrogen and oxygen atoms in total. The molecule has 27 aromatic rings. The summed E-state index contributed by atoms with van der Waals surface area (Å²) >= 11 is 0. The topological polar surface area (TPSA) is 176 Å². The van der Waals surface area contributed by atoms with Gasteiger partial charge in [-0.15, -0.1) is 0 Å². The third-order valence-electron chi connectivity index (χ3n) is 27.2. The Bertz CT molecular complexity index is 9480. The molecule has 27 rings (SSSR count). The third-order valence-corrected chi connectivity index (χ3v) is 27.2. The van der Waals surface area contributed by atoms with Gasteiger partial charge in [0.25, 0.3) is 0 Å². The summed E-state index contributed by atoms with van der Waals surface area (Å²) in [6.07, 6.45) is 3.55. The van der Waals surface area contributed by atoms with Gasteiger partial charge in [-0.2, -0.15) is 15.8 Å². The average molecular weight is 1800 g/mol. The van der Waals surface area contributed by atoms with Crippen molar-refractivity contribution in [2.24, 2.45) is 0 Å². The lowest BCUT2D eigenvalue weighted by Crippen LogP contribution is -2.03. The van der Waals surface area contributed by atoms with Gasteiger partial charge < -0.3 is 0 Å². The number of rotatable bonds is 12. The monoisotopic (exact) mass is 1800 g/mol. The first kappa shape index (κ1) is 83.1. The van der Waals surface area contributed by atoms with Crippen molar-refractivity contribution < 1.29 is 0 Å². The minimum Gasteiger partial charge on any atom is -0.278 e. The highest BCUT2D eigenvalue weighted by Gasteiger charge is 2.25. The van der Waals surface area contributed by atoms with Gasteiger partial charge in [-0.1, -0.05) is 346 Å². The molecule has 654 valence electrons. The quantitative estimate of drug-likeness (QED) is 0.114. The second-order valence-electron chi connectivity index (χ2n) is 35.1. The average Bonchev–Trinajstić information content (AvgIpc) is 1.60. The number of pyridine rings is 1. The van der Waals surface area contributed by atoms with E-state index < -0.39 is 0 Å². The summed E-state index contributed by atoms with van der Waals surface area (Å²) < 4.78 is 6.24. The summed E-state index contributed by atoms with van der Waals surface area (Å²) in [5.41, 5.74) is 29.7. The Morgan fingerprint density at radius 3 is 0.823 bits per heavy atom. The molecule has 0 radical (unpaired) electrons. The van der Waals surface area contributed by atoms with Crippen molar-refractivity contribution in [2.75, 3.05) is 0 Å². The zero-order valence-electron chi connectivity index (χ0n) is 75.8. The maximum atomic E-state index is 10.2. The molecule has 0 saturated carbocycles. The van der Waals surface area contributed by atoms with Crippen molar-refractivity contribution in [1.82, 2.24) is 48.6 Å². The number of nitriles is 3. The summed E-state index contributed by atoms with van der Waals surface area (Å²) in [5, 5.41) is 46.6. The second kappa shape index (κ2) is 35.2. The standard InChI is InChI=1S/2C43H26N4.C42H25N5/c44-27-40-37-21-19-30(28-11-3-1-4-12-28)26-39(37)45-43(46-40)47-41-18-10-9-17-36(41)38-25-31(20-24-42(38)47)33-23-22-32(29-13-5-2-6-14-29)34-15-7-8-16-35(33)34;44-27-40-37-22-20-32(28-10-2-1-3-11-28)26-39(37)45-43(46-40)47-41-19-7-6-17-36(41)38-25-31(21-23-42(38)47)30-14-8-15-33(24-30)35-18-9-13-29-12-4-5-16-34(29)35;43-26-39-36-16-14-29(27-20-22-44-23-21-27)25-38(36)45-42(46-39)47-40-13-7-6-12-35(40)37-24-30(15-19-41(37)47)32-18-17-31(28-8-2-1-3-9-28)33-10-4-5-11-34(32)33/h2*1-26H;1-25H. The van der Waals surface area contributed by atoms with Gasteiger partial charge in [0.1, 0.15) is 18.2 Å². The Morgan fingerprint density at radius 2 is 0.426 bits per heavy atom. The summed E-state index contributed by atoms with van der Waals surface area (Å²) in [6, 6.07) is 165. The molecule has 0 aliphatic carbocycles. The van der Waals surface area contributed by atoms with E-state index in [0.29, 0.717) is 40.4 Å². The Kier molecular flexibility index (Phi) is 20.8. The third kappa shape index (κ3) is 14.9. The number of hydrogen-bond acceptors (Lipinski definition) is 10. The molecule has 0 atom stereocenters. The highest BCUT2D eigenvalue weighted by molar-refractivity contribution is 6.16. The minimum atomic E-state index is 0.346. The molecular formula is C128H77N13. The molecule has 141 heavy (non-hydrogen) atoms. The molecule has 7 aromatic heterocycles. The van der Waals surface area contributed by atoms with E-state index in [4.69, 9.17) is 29.9 Å². The lowest BCUT2D eigenvalue weighted by Gasteiger charge is -2.13. The molecule has 0 aliphatic heterocycles. The van der Waals surface area contributed by atoms with Crippen LogP contribution in [0.25, 0.3) is 248 Å². The van der Waals surface area contributed by atoms with Crippen LogP contribution in [0, 0.1) is 34.0 Å². The fourth-order valence-corrected chi connectivity index (χ4v) is 20.5. The van der Waals surface area contributed by atoms with E-state index in [1.807, 2.05) is 121 Å². The van der Waals surface area contributed by atoms with Gasteiger partial charge in [-0.05, 0) is 242 Å². The molecule has 0 fully saturated rings. The normalized spacial score (nSPS) is 11.4. The molecule has 20 aromatic carbocycles. The summed E-state index contributed by atoms with van der Waals surface area (Å²) in [4.78, 5) is 33.8. The van der Waals surface area contributed by atoms with Gasteiger partial charge in [-0.25, -0.2) is 29.9 Å². The molecule has 0 spiro atoms. The molecule has 0 amide bonds. The molecule has 13 heteroatoms. The van der Waals surface area contributed by atoms with E-state index in [0.717, 1.165) is 148 Å². The maximum absolute atomic E-state index is 10.2. The van der Waals surface area contributed by atoms with Crippen molar-refractivity contribution in [3.05, 3.63) is 484 Å². The van der Waals surface area contributed by atoms with Crippen LogP contribution in [-0.4, -0.2) is 48.6 Å². The van der Waals surface area contributed by atoms with Crippen LogP contribution in [0.4, 0.5) is 0 Å². The van der Waals surface area contributed by atoms with Gasteiger partial charge in [0.2, 0.25) is 17.8 Å². The zero-order chi connectivity index (χ0) is 94.0. The number of nitrogens with zero attached hydrogens (tertiary/aromatic N) is 13. The molecular weight excluding hydrogens is 1720 g/mol. The van der Waals surface area contributed by atoms with Gasteiger partial charge in [-0.3, -0.25) is 18.7 Å². The largest absolute Gasteiger partial charge is 0.278 e. The summed E-state index contributed by atoms with van der Waals surface area (Å²) in [5.74, 6) is 1.43. The van der Waals surface area contributed by atoms with Crippen molar-refractivity contribution in [1.29, 1.82) is 15.8 Å². The second-order valence-corrected chi connectivity index (χ2v) is 35.1. The molecule has 7 heterocycles. The van der Waals surface area contributed by atoms with E-state index in [9.17, 15) is 15.8 Å². The molecule has 0 saturated heterocycles. The van der Waals surface area contributed by atoms with Crippen LogP contribution in [0.3, 0.4) is 0 Å². The Morgan fingerprint density at radius 1 is 0.163 bits per heavy atom. The zero-order valence-corrected chi connectivity index (χ0v) is 75.8. The summed E-state index contributed by atoms with van der Waals surface area (Å²) in [6.45, 7) is 0. The minimum absolute atomic E-state index is 0.346. The lowest BCUT2D eigenvalue weighted by atomic mass is 9.91. The van der Waals surface area contributed by atoms with Crippen LogP contribution >= 0.6 is 0 Å². The van der Waals surface area contributed by atoms with Crippen molar-refractivity contribution in [2.45, 2.75) is 0 Å². The van der Waals surface area contributed by atoms with Crippen LogP contribution in [0.1, 0.15) is 17.1 Å². The first-order chi connectivity index (χ1) is 69.8. The predicted octanol–water partition coefficient (Wildman–Crippen LogP) is 31.7. The SMILES string of the molecule is N#Cc1nc(-n2c3ccccc3c3cc(-c4ccc(-c5ccccc5)c5ccccc45)ccc32)nc2cc(-c3ccccc3)ccc12.N#Cc1nc(-n2c3ccccc3c3cc(-c4ccc(-c5ccccc5)c5ccccc45)ccc32)nc2cc(-c3ccncc3)ccc12.N#Cc1nc(-n2c3ccccc3c3cc(-c4cccc(-c5cccc6ccccc56)c4)ccc32)nc2cc(-c3ccccc3)ccc12. The van der Waals surface area contributed by atoms with E-state index in [1.54, 1.807) is 12.4 Å². The van der Waals surface area contributed by atoms with Gasteiger partial charge in [0.05, 0.1) is 49.7 Å². The number of aromatic nitrogens is 10.